The van der Waals surface area contributed by atoms with Gasteiger partial charge in [0, 0.05) is 24.8 Å². The minimum atomic E-state index is 0.0387. The molecule has 1 rings (SSSR count). The highest BCUT2D eigenvalue weighted by molar-refractivity contribution is 5.77. The summed E-state index contributed by atoms with van der Waals surface area (Å²) in [6.07, 6.45) is 1.67. The van der Waals surface area contributed by atoms with Gasteiger partial charge in [-0.15, -0.1) is 0 Å². The fourth-order valence-corrected chi connectivity index (χ4v) is 1.56. The van der Waals surface area contributed by atoms with Crippen LogP contribution in [0.25, 0.3) is 0 Å². The van der Waals surface area contributed by atoms with Crippen LogP contribution in [0.4, 0.5) is 5.82 Å². The fourth-order valence-electron chi connectivity index (χ4n) is 1.56. The lowest BCUT2D eigenvalue weighted by Gasteiger charge is -2.20. The average Bonchev–Trinajstić information content (AvgIpc) is 2.31. The Morgan fingerprint density at radius 2 is 2.29 bits per heavy atom. The molecule has 0 atom stereocenters. The summed E-state index contributed by atoms with van der Waals surface area (Å²) in [6.45, 7) is 6.42. The van der Waals surface area contributed by atoms with Gasteiger partial charge in [-0.2, -0.15) is 0 Å². The van der Waals surface area contributed by atoms with E-state index in [0.717, 1.165) is 12.1 Å². The molecule has 17 heavy (non-hydrogen) atoms. The highest BCUT2D eigenvalue weighted by Gasteiger charge is 2.10. The molecule has 0 aliphatic carbocycles. The summed E-state index contributed by atoms with van der Waals surface area (Å²) in [5.41, 5.74) is 6.73. The molecule has 1 amide bonds. The Morgan fingerprint density at radius 1 is 1.53 bits per heavy atom. The van der Waals surface area contributed by atoms with Crippen molar-refractivity contribution >= 4 is 11.7 Å². The third kappa shape index (κ3) is 4.40. The van der Waals surface area contributed by atoms with Crippen LogP contribution in [0.5, 0.6) is 0 Å². The number of nitrogens with two attached hydrogens (primary N) is 1. The number of aromatic nitrogens is 1. The molecule has 0 bridgehead atoms. The van der Waals surface area contributed by atoms with E-state index in [2.05, 4.69) is 10.3 Å². The van der Waals surface area contributed by atoms with Crippen molar-refractivity contribution in [1.82, 2.24) is 15.2 Å². The molecule has 1 aromatic heterocycles. The van der Waals surface area contributed by atoms with E-state index in [1.165, 1.54) is 0 Å². The second-order valence-electron chi connectivity index (χ2n) is 3.80. The molecular weight excluding hydrogens is 216 g/mol. The largest absolute Gasteiger partial charge is 0.383 e. The number of hydrogen-bond donors (Lipinski definition) is 2. The highest BCUT2D eigenvalue weighted by Crippen LogP contribution is 2.10. The van der Waals surface area contributed by atoms with Crippen LogP contribution in [0.15, 0.2) is 18.3 Å². The number of nitrogens with one attached hydrogen (secondary N) is 1. The van der Waals surface area contributed by atoms with Gasteiger partial charge < -0.3 is 11.1 Å². The highest BCUT2D eigenvalue weighted by atomic mass is 16.2. The van der Waals surface area contributed by atoms with Gasteiger partial charge in [-0.25, -0.2) is 4.98 Å². The van der Waals surface area contributed by atoms with Crippen molar-refractivity contribution < 1.29 is 4.79 Å². The zero-order chi connectivity index (χ0) is 12.7. The quantitative estimate of drug-likeness (QED) is 0.759. The van der Waals surface area contributed by atoms with Gasteiger partial charge in [-0.3, -0.25) is 9.69 Å². The predicted molar refractivity (Wildman–Crippen MR) is 68.3 cm³/mol. The molecule has 0 radical (unpaired) electrons. The molecule has 0 fully saturated rings. The van der Waals surface area contributed by atoms with Gasteiger partial charge in [0.05, 0.1) is 6.54 Å². The molecule has 0 spiro atoms. The van der Waals surface area contributed by atoms with Gasteiger partial charge in [0.25, 0.3) is 0 Å². The maximum absolute atomic E-state index is 11.5. The van der Waals surface area contributed by atoms with Crippen LogP contribution in [0.1, 0.15) is 19.4 Å². The van der Waals surface area contributed by atoms with E-state index < -0.39 is 0 Å². The van der Waals surface area contributed by atoms with Gasteiger partial charge in [0.2, 0.25) is 5.91 Å². The normalized spacial score (nSPS) is 10.5. The van der Waals surface area contributed by atoms with Crippen molar-refractivity contribution in [2.75, 3.05) is 25.4 Å². The Morgan fingerprint density at radius 3 is 2.88 bits per heavy atom. The summed E-state index contributed by atoms with van der Waals surface area (Å²) in [5.74, 6) is 0.568. The summed E-state index contributed by atoms with van der Waals surface area (Å²) in [7, 11) is 0. The van der Waals surface area contributed by atoms with Crippen molar-refractivity contribution in [2.45, 2.75) is 20.4 Å². The molecule has 0 unspecified atom stereocenters. The molecule has 0 saturated heterocycles. The van der Waals surface area contributed by atoms with Gasteiger partial charge in [-0.1, -0.05) is 13.0 Å². The molecule has 5 heteroatoms. The van der Waals surface area contributed by atoms with E-state index in [-0.39, 0.29) is 5.91 Å². The van der Waals surface area contributed by atoms with Crippen molar-refractivity contribution in [1.29, 1.82) is 0 Å². The smallest absolute Gasteiger partial charge is 0.234 e. The molecule has 5 nitrogen and oxygen atoms in total. The van der Waals surface area contributed by atoms with Gasteiger partial charge >= 0.3 is 0 Å². The number of nitrogen functional groups attached to an aromatic ring is 1. The SMILES string of the molecule is CCNC(=O)CN(CC)Cc1cccnc1N. The number of hydrogen-bond acceptors (Lipinski definition) is 4. The fraction of sp³-hybridized carbons (Fsp3) is 0.500. The summed E-state index contributed by atoms with van der Waals surface area (Å²) in [5, 5.41) is 2.78. The number of carbonyl (C=O) groups is 1. The first kappa shape index (κ1) is 13.4. The molecule has 0 saturated carbocycles. The van der Waals surface area contributed by atoms with E-state index in [0.29, 0.717) is 25.5 Å². The van der Waals surface area contributed by atoms with E-state index >= 15 is 0 Å². The van der Waals surface area contributed by atoms with Crippen LogP contribution in [0.2, 0.25) is 0 Å². The molecule has 0 aliphatic heterocycles. The third-order valence-corrected chi connectivity index (χ3v) is 2.51. The zero-order valence-corrected chi connectivity index (χ0v) is 10.4. The second kappa shape index (κ2) is 6.85. The standard InChI is InChI=1S/C12H20N4O/c1-3-14-11(17)9-16(4-2)8-10-6-5-7-15-12(10)13/h5-7H,3-4,8-9H2,1-2H3,(H2,13,15)(H,14,17). The van der Waals surface area contributed by atoms with Gasteiger partial charge in [0.1, 0.15) is 5.82 Å². The molecule has 1 aromatic rings. The maximum atomic E-state index is 11.5. The first-order valence-electron chi connectivity index (χ1n) is 5.85. The molecule has 0 aromatic carbocycles. The Balaban J connectivity index is 2.58. The average molecular weight is 236 g/mol. The molecule has 94 valence electrons. The minimum Gasteiger partial charge on any atom is -0.383 e. The summed E-state index contributed by atoms with van der Waals surface area (Å²) in [6, 6.07) is 3.79. The van der Waals surface area contributed by atoms with Crippen LogP contribution in [-0.4, -0.2) is 35.4 Å². The Kier molecular flexibility index (Phi) is 5.42. The van der Waals surface area contributed by atoms with Crippen molar-refractivity contribution in [3.05, 3.63) is 23.9 Å². The van der Waals surface area contributed by atoms with Crippen molar-refractivity contribution in [3.8, 4) is 0 Å². The monoisotopic (exact) mass is 236 g/mol. The lowest BCUT2D eigenvalue weighted by molar-refractivity contribution is -0.122. The number of nitrogens with zero attached hydrogens (tertiary/aromatic N) is 2. The number of likely N-dealkylation sites (N-methyl/N-ethyl adjacent to an activating group) is 2. The van der Waals surface area contributed by atoms with E-state index in [9.17, 15) is 4.79 Å². The topological polar surface area (TPSA) is 71.2 Å². The summed E-state index contributed by atoms with van der Waals surface area (Å²) in [4.78, 5) is 17.5. The first-order chi connectivity index (χ1) is 8.17. The van der Waals surface area contributed by atoms with Crippen LogP contribution in [0.3, 0.4) is 0 Å². The summed E-state index contributed by atoms with van der Waals surface area (Å²) >= 11 is 0. The Labute approximate surface area is 102 Å². The molecule has 1 heterocycles. The number of anilines is 1. The number of carbonyl (C=O) groups excluding carboxylic acids is 1. The van der Waals surface area contributed by atoms with Crippen LogP contribution >= 0.6 is 0 Å². The lowest BCUT2D eigenvalue weighted by Crippen LogP contribution is -2.36. The number of rotatable bonds is 6. The molecule has 3 N–H and O–H groups in total. The predicted octanol–water partition coefficient (Wildman–Crippen LogP) is 0.622. The maximum Gasteiger partial charge on any atom is 0.234 e. The summed E-state index contributed by atoms with van der Waals surface area (Å²) < 4.78 is 0. The van der Waals surface area contributed by atoms with Crippen molar-refractivity contribution in [2.24, 2.45) is 0 Å². The number of amides is 1. The van der Waals surface area contributed by atoms with Crippen molar-refractivity contribution in [3.63, 3.8) is 0 Å². The molecular formula is C12H20N4O. The second-order valence-corrected chi connectivity index (χ2v) is 3.80. The van der Waals surface area contributed by atoms with Gasteiger partial charge in [0.15, 0.2) is 0 Å². The van der Waals surface area contributed by atoms with Gasteiger partial charge in [-0.05, 0) is 19.5 Å². The minimum absolute atomic E-state index is 0.0387. The van der Waals surface area contributed by atoms with Crippen LogP contribution in [-0.2, 0) is 11.3 Å². The Hall–Kier alpha value is -1.62. The van der Waals surface area contributed by atoms with E-state index in [1.807, 2.05) is 30.9 Å². The zero-order valence-electron chi connectivity index (χ0n) is 10.4. The van der Waals surface area contributed by atoms with E-state index in [1.54, 1.807) is 6.20 Å². The van der Waals surface area contributed by atoms with Crippen LogP contribution < -0.4 is 11.1 Å². The first-order valence-corrected chi connectivity index (χ1v) is 5.85. The number of pyridine rings is 1. The van der Waals surface area contributed by atoms with E-state index in [4.69, 9.17) is 5.73 Å². The lowest BCUT2D eigenvalue weighted by atomic mass is 10.2. The molecule has 0 aliphatic rings. The third-order valence-electron chi connectivity index (χ3n) is 2.51. The van der Waals surface area contributed by atoms with Crippen LogP contribution in [0, 0.1) is 0 Å². The Bertz CT molecular complexity index is 367.